The Kier molecular flexibility index (Phi) is 6.71. The summed E-state index contributed by atoms with van der Waals surface area (Å²) in [6.45, 7) is 2.29. The van der Waals surface area contributed by atoms with E-state index in [2.05, 4.69) is 15.6 Å². The van der Waals surface area contributed by atoms with Crippen molar-refractivity contribution in [2.75, 3.05) is 18.1 Å². The van der Waals surface area contributed by atoms with E-state index in [1.165, 1.54) is 6.92 Å². The molecular formula is C21H24N4O2S. The lowest BCUT2D eigenvalue weighted by Gasteiger charge is -2.11. The van der Waals surface area contributed by atoms with Gasteiger partial charge < -0.3 is 15.2 Å². The third-order valence-electron chi connectivity index (χ3n) is 4.34. The summed E-state index contributed by atoms with van der Waals surface area (Å²) in [5, 5.41) is 5.77. The van der Waals surface area contributed by atoms with Gasteiger partial charge in [0.1, 0.15) is 12.4 Å². The first-order chi connectivity index (χ1) is 13.6. The van der Waals surface area contributed by atoms with Crippen molar-refractivity contribution < 1.29 is 9.59 Å². The van der Waals surface area contributed by atoms with Gasteiger partial charge in [0.05, 0.1) is 11.0 Å². The molecule has 0 radical (unpaired) electrons. The quantitative estimate of drug-likeness (QED) is 0.452. The molecule has 2 aromatic carbocycles. The van der Waals surface area contributed by atoms with Crippen LogP contribution in [0.1, 0.15) is 19.2 Å². The number of carbonyl (C=O) groups is 2. The number of aryl methyl sites for hydroxylation is 1. The predicted octanol–water partition coefficient (Wildman–Crippen LogP) is 3.47. The Balaban J connectivity index is 1.75. The SMILES string of the molecule is CSc1cccc(NC(=O)Cn2c(CCCNC(C)=O)nc3ccccc32)c1. The highest BCUT2D eigenvalue weighted by Gasteiger charge is 2.14. The van der Waals surface area contributed by atoms with Gasteiger partial charge in [0, 0.05) is 30.5 Å². The molecule has 0 saturated carbocycles. The van der Waals surface area contributed by atoms with Gasteiger partial charge in [-0.2, -0.15) is 0 Å². The minimum atomic E-state index is -0.0930. The van der Waals surface area contributed by atoms with E-state index in [4.69, 9.17) is 0 Å². The van der Waals surface area contributed by atoms with Crippen molar-refractivity contribution in [1.29, 1.82) is 0 Å². The minimum absolute atomic E-state index is 0.0413. The van der Waals surface area contributed by atoms with Gasteiger partial charge in [-0.25, -0.2) is 4.98 Å². The summed E-state index contributed by atoms with van der Waals surface area (Å²) in [7, 11) is 0. The van der Waals surface area contributed by atoms with Crippen LogP contribution in [-0.4, -0.2) is 34.2 Å². The maximum absolute atomic E-state index is 12.7. The number of para-hydroxylation sites is 2. The molecule has 2 amide bonds. The van der Waals surface area contributed by atoms with Gasteiger partial charge in [0.25, 0.3) is 0 Å². The Bertz CT molecular complexity index is 983. The second-order valence-electron chi connectivity index (χ2n) is 6.47. The number of amides is 2. The monoisotopic (exact) mass is 396 g/mol. The predicted molar refractivity (Wildman–Crippen MR) is 114 cm³/mol. The maximum Gasteiger partial charge on any atom is 0.244 e. The number of hydrogen-bond acceptors (Lipinski definition) is 4. The third-order valence-corrected chi connectivity index (χ3v) is 5.07. The molecule has 6 nitrogen and oxygen atoms in total. The highest BCUT2D eigenvalue weighted by molar-refractivity contribution is 7.98. The zero-order valence-corrected chi connectivity index (χ0v) is 16.9. The maximum atomic E-state index is 12.7. The molecule has 1 aromatic heterocycles. The van der Waals surface area contributed by atoms with E-state index < -0.39 is 0 Å². The first kappa shape index (κ1) is 19.9. The van der Waals surface area contributed by atoms with E-state index in [1.54, 1.807) is 11.8 Å². The van der Waals surface area contributed by atoms with Crippen LogP contribution in [0, 0.1) is 0 Å². The number of aromatic nitrogens is 2. The molecule has 0 fully saturated rings. The first-order valence-electron chi connectivity index (χ1n) is 9.19. The molecule has 3 rings (SSSR count). The van der Waals surface area contributed by atoms with Crippen molar-refractivity contribution >= 4 is 40.3 Å². The summed E-state index contributed by atoms with van der Waals surface area (Å²) < 4.78 is 1.96. The fourth-order valence-electron chi connectivity index (χ4n) is 3.05. The van der Waals surface area contributed by atoms with Crippen molar-refractivity contribution in [3.63, 3.8) is 0 Å². The standard InChI is InChI=1S/C21H24N4O2S/c1-15(26)22-12-6-11-20-24-18-9-3-4-10-19(18)25(20)14-21(27)23-16-7-5-8-17(13-16)28-2/h3-5,7-10,13H,6,11-12,14H2,1-2H3,(H,22,26)(H,23,27). The Morgan fingerprint density at radius 2 is 1.96 bits per heavy atom. The van der Waals surface area contributed by atoms with Crippen LogP contribution in [0.4, 0.5) is 5.69 Å². The van der Waals surface area contributed by atoms with E-state index in [-0.39, 0.29) is 18.4 Å². The summed E-state index contributed by atoms with van der Waals surface area (Å²) in [6.07, 6.45) is 3.45. The smallest absolute Gasteiger partial charge is 0.244 e. The third kappa shape index (κ3) is 5.13. The number of imidazole rings is 1. The van der Waals surface area contributed by atoms with Crippen molar-refractivity contribution in [2.24, 2.45) is 0 Å². The van der Waals surface area contributed by atoms with Crippen LogP contribution < -0.4 is 10.6 Å². The van der Waals surface area contributed by atoms with Crippen LogP contribution in [0.3, 0.4) is 0 Å². The molecule has 0 unspecified atom stereocenters. The molecular weight excluding hydrogens is 372 g/mol. The van der Waals surface area contributed by atoms with Crippen molar-refractivity contribution in [3.05, 3.63) is 54.4 Å². The van der Waals surface area contributed by atoms with E-state index >= 15 is 0 Å². The molecule has 0 aliphatic heterocycles. The highest BCUT2D eigenvalue weighted by Crippen LogP contribution is 2.20. The second kappa shape index (κ2) is 9.41. The van der Waals surface area contributed by atoms with Crippen molar-refractivity contribution in [3.8, 4) is 0 Å². The minimum Gasteiger partial charge on any atom is -0.356 e. The molecule has 1 heterocycles. The second-order valence-corrected chi connectivity index (χ2v) is 7.35. The lowest BCUT2D eigenvalue weighted by Crippen LogP contribution is -2.23. The number of fused-ring (bicyclic) bond motifs is 1. The van der Waals surface area contributed by atoms with Crippen LogP contribution >= 0.6 is 11.8 Å². The molecule has 0 aliphatic rings. The van der Waals surface area contributed by atoms with Gasteiger partial charge in [0.2, 0.25) is 11.8 Å². The van der Waals surface area contributed by atoms with E-state index in [1.807, 2.05) is 59.4 Å². The van der Waals surface area contributed by atoms with E-state index in [0.29, 0.717) is 13.0 Å². The fourth-order valence-corrected chi connectivity index (χ4v) is 3.51. The van der Waals surface area contributed by atoms with Crippen LogP contribution in [-0.2, 0) is 22.6 Å². The number of carbonyl (C=O) groups excluding carboxylic acids is 2. The lowest BCUT2D eigenvalue weighted by atomic mass is 10.3. The Morgan fingerprint density at radius 3 is 2.75 bits per heavy atom. The van der Waals surface area contributed by atoms with Gasteiger partial charge in [-0.3, -0.25) is 9.59 Å². The molecule has 0 bridgehead atoms. The summed E-state index contributed by atoms with van der Waals surface area (Å²) in [5.74, 6) is 0.712. The number of anilines is 1. The summed E-state index contributed by atoms with van der Waals surface area (Å²) >= 11 is 1.64. The molecule has 0 spiro atoms. The van der Waals surface area contributed by atoms with Crippen LogP contribution in [0.25, 0.3) is 11.0 Å². The van der Waals surface area contributed by atoms with Gasteiger partial charge >= 0.3 is 0 Å². The average molecular weight is 397 g/mol. The lowest BCUT2D eigenvalue weighted by molar-refractivity contribution is -0.119. The van der Waals surface area contributed by atoms with Crippen LogP contribution in [0.2, 0.25) is 0 Å². The number of benzene rings is 2. The number of hydrogen-bond donors (Lipinski definition) is 2. The molecule has 0 aliphatic carbocycles. The van der Waals surface area contributed by atoms with E-state index in [0.717, 1.165) is 33.9 Å². The zero-order chi connectivity index (χ0) is 19.9. The number of nitrogens with zero attached hydrogens (tertiary/aromatic N) is 2. The largest absolute Gasteiger partial charge is 0.356 e. The molecule has 2 N–H and O–H groups in total. The molecule has 0 atom stereocenters. The molecule has 28 heavy (non-hydrogen) atoms. The number of thioether (sulfide) groups is 1. The first-order valence-corrected chi connectivity index (χ1v) is 10.4. The van der Waals surface area contributed by atoms with Crippen molar-refractivity contribution in [2.45, 2.75) is 31.2 Å². The molecule has 0 saturated heterocycles. The van der Waals surface area contributed by atoms with Crippen LogP contribution in [0.5, 0.6) is 0 Å². The summed E-state index contributed by atoms with van der Waals surface area (Å²) in [4.78, 5) is 29.5. The van der Waals surface area contributed by atoms with Crippen LogP contribution in [0.15, 0.2) is 53.4 Å². The fraction of sp³-hybridized carbons (Fsp3) is 0.286. The van der Waals surface area contributed by atoms with E-state index in [9.17, 15) is 9.59 Å². The summed E-state index contributed by atoms with van der Waals surface area (Å²) in [5.41, 5.74) is 2.59. The normalized spacial score (nSPS) is 10.8. The Labute approximate surface area is 168 Å². The number of nitrogens with one attached hydrogen (secondary N) is 2. The van der Waals surface area contributed by atoms with Gasteiger partial charge in [-0.15, -0.1) is 11.8 Å². The van der Waals surface area contributed by atoms with Crippen molar-refractivity contribution in [1.82, 2.24) is 14.9 Å². The summed E-state index contributed by atoms with van der Waals surface area (Å²) in [6, 6.07) is 15.6. The Morgan fingerprint density at radius 1 is 1.14 bits per heavy atom. The number of rotatable bonds is 8. The topological polar surface area (TPSA) is 76.0 Å². The van der Waals surface area contributed by atoms with Gasteiger partial charge in [-0.05, 0) is 43.0 Å². The average Bonchev–Trinajstić information content (AvgIpc) is 3.02. The van der Waals surface area contributed by atoms with Gasteiger partial charge in [-0.1, -0.05) is 18.2 Å². The van der Waals surface area contributed by atoms with Gasteiger partial charge in [0.15, 0.2) is 0 Å². The zero-order valence-electron chi connectivity index (χ0n) is 16.1. The highest BCUT2D eigenvalue weighted by atomic mass is 32.2. The Hall–Kier alpha value is -2.80. The molecule has 3 aromatic rings. The molecule has 146 valence electrons. The molecule has 7 heteroatoms.